The Morgan fingerprint density at radius 2 is 1.75 bits per heavy atom. The number of aromatic amines is 1. The van der Waals surface area contributed by atoms with E-state index in [1.807, 2.05) is 0 Å². The summed E-state index contributed by atoms with van der Waals surface area (Å²) < 4.78 is -0.944. The first-order valence-electron chi connectivity index (χ1n) is 12.7. The quantitative estimate of drug-likeness (QED) is 0.201. The lowest BCUT2D eigenvalue weighted by molar-refractivity contribution is -0.135. The van der Waals surface area contributed by atoms with Crippen molar-refractivity contribution in [3.05, 3.63) is 18.2 Å². The minimum absolute atomic E-state index is 0.0261. The lowest BCUT2D eigenvalue weighted by atomic mass is 10.0. The smallest absolute Gasteiger partial charge is 0.244 e. The number of nitrogens with one attached hydrogen (secondary N) is 6. The predicted molar refractivity (Wildman–Crippen MR) is 151 cm³/mol. The largest absolute Gasteiger partial charge is 0.368 e. The molecule has 0 aromatic carbocycles. The maximum Gasteiger partial charge on any atom is 0.244 e. The van der Waals surface area contributed by atoms with E-state index in [0.29, 0.717) is 5.69 Å². The summed E-state index contributed by atoms with van der Waals surface area (Å²) in [6, 6.07) is -5.39. The van der Waals surface area contributed by atoms with Crippen LogP contribution < -0.4 is 32.3 Å². The fourth-order valence-corrected chi connectivity index (χ4v) is 6.62. The summed E-state index contributed by atoms with van der Waals surface area (Å²) in [5.41, 5.74) is 6.09. The number of carbonyl (C=O) groups excluding carboxylic acids is 6. The molecule has 8 N–H and O–H groups in total. The number of hydrogen-bond acceptors (Lipinski definition) is 9. The molecule has 0 radical (unpaired) electrons. The van der Waals surface area contributed by atoms with Gasteiger partial charge in [0.15, 0.2) is 0 Å². The fourth-order valence-electron chi connectivity index (χ4n) is 3.79. The second-order valence-electron chi connectivity index (χ2n) is 10.4. The lowest BCUT2D eigenvalue weighted by Crippen LogP contribution is -2.61. The summed E-state index contributed by atoms with van der Waals surface area (Å²) in [5.74, 6) is -4.07. The molecule has 222 valence electrons. The summed E-state index contributed by atoms with van der Waals surface area (Å²) in [4.78, 5) is 83.8. The maximum atomic E-state index is 13.5. The number of primary amides is 1. The molecular weight excluding hydrogens is 560 g/mol. The highest BCUT2D eigenvalue weighted by atomic mass is 33.1. The van der Waals surface area contributed by atoms with Gasteiger partial charge in [-0.15, -0.1) is 0 Å². The Kier molecular flexibility index (Phi) is 11.8. The van der Waals surface area contributed by atoms with Gasteiger partial charge in [-0.25, -0.2) is 4.98 Å². The highest BCUT2D eigenvalue weighted by Crippen LogP contribution is 2.38. The number of hydrogen-bond donors (Lipinski definition) is 7. The van der Waals surface area contributed by atoms with E-state index in [-0.39, 0.29) is 18.1 Å². The van der Waals surface area contributed by atoms with Crippen LogP contribution in [0.4, 0.5) is 0 Å². The van der Waals surface area contributed by atoms with E-state index < -0.39 is 70.4 Å². The van der Waals surface area contributed by atoms with Gasteiger partial charge in [-0.3, -0.25) is 28.8 Å². The highest BCUT2D eigenvalue weighted by Gasteiger charge is 2.40. The van der Waals surface area contributed by atoms with Crippen molar-refractivity contribution in [1.82, 2.24) is 36.6 Å². The van der Waals surface area contributed by atoms with Gasteiger partial charge < -0.3 is 37.3 Å². The highest BCUT2D eigenvalue weighted by molar-refractivity contribution is 8.77. The molecule has 1 aromatic heterocycles. The summed E-state index contributed by atoms with van der Waals surface area (Å²) in [7, 11) is 2.38. The van der Waals surface area contributed by atoms with Crippen LogP contribution in [0.25, 0.3) is 0 Å². The number of imidazole rings is 1. The summed E-state index contributed by atoms with van der Waals surface area (Å²) in [6.07, 6.45) is 2.95. The van der Waals surface area contributed by atoms with Gasteiger partial charge in [0.05, 0.1) is 6.33 Å². The number of carbonyl (C=O) groups is 6. The summed E-state index contributed by atoms with van der Waals surface area (Å²) in [6.45, 7) is 9.60. The van der Waals surface area contributed by atoms with Crippen molar-refractivity contribution in [3.8, 4) is 0 Å². The molecule has 1 saturated heterocycles. The molecule has 2 heterocycles. The monoisotopic (exact) mass is 598 g/mol. The molecule has 2 rings (SSSR count). The molecule has 5 atom stereocenters. The number of H-pyrrole nitrogens is 1. The number of nitrogens with zero attached hydrogens (tertiary/aromatic N) is 1. The molecule has 16 heteroatoms. The van der Waals surface area contributed by atoms with Gasteiger partial charge in [0.1, 0.15) is 30.2 Å². The Labute approximate surface area is 240 Å². The molecule has 2 unspecified atom stereocenters. The Morgan fingerprint density at radius 1 is 1.07 bits per heavy atom. The van der Waals surface area contributed by atoms with Crippen LogP contribution in [-0.4, -0.2) is 86.1 Å². The topological polar surface area (TPSA) is 217 Å². The van der Waals surface area contributed by atoms with Crippen molar-refractivity contribution in [2.75, 3.05) is 5.75 Å². The maximum absolute atomic E-state index is 13.5. The minimum atomic E-state index is -1.13. The molecule has 0 saturated carbocycles. The third kappa shape index (κ3) is 9.43. The van der Waals surface area contributed by atoms with Gasteiger partial charge in [-0.2, -0.15) is 0 Å². The Balaban J connectivity index is 2.48. The van der Waals surface area contributed by atoms with Crippen LogP contribution in [0.5, 0.6) is 0 Å². The molecule has 6 amide bonds. The van der Waals surface area contributed by atoms with Gasteiger partial charge in [-0.1, -0.05) is 35.4 Å². The minimum Gasteiger partial charge on any atom is -0.368 e. The first-order valence-corrected chi connectivity index (χ1v) is 15.0. The van der Waals surface area contributed by atoms with Crippen molar-refractivity contribution in [3.63, 3.8) is 0 Å². The molecule has 1 aliphatic heterocycles. The molecular formula is C24H38N8O6S2. The lowest BCUT2D eigenvalue weighted by Gasteiger charge is -2.34. The van der Waals surface area contributed by atoms with Gasteiger partial charge in [-0.05, 0) is 26.7 Å². The van der Waals surface area contributed by atoms with E-state index in [2.05, 4.69) is 36.6 Å². The Bertz CT molecular complexity index is 1100. The first-order chi connectivity index (χ1) is 18.6. The van der Waals surface area contributed by atoms with Crippen LogP contribution in [-0.2, 0) is 35.2 Å². The summed E-state index contributed by atoms with van der Waals surface area (Å²) in [5, 5.41) is 13.1. The van der Waals surface area contributed by atoms with E-state index in [1.165, 1.54) is 48.0 Å². The van der Waals surface area contributed by atoms with Crippen LogP contribution in [0.1, 0.15) is 47.2 Å². The molecule has 1 fully saturated rings. The van der Waals surface area contributed by atoms with Crippen molar-refractivity contribution >= 4 is 57.0 Å². The Hall–Kier alpha value is -3.27. The van der Waals surface area contributed by atoms with Crippen LogP contribution in [0.2, 0.25) is 0 Å². The van der Waals surface area contributed by atoms with Crippen molar-refractivity contribution in [1.29, 1.82) is 0 Å². The molecule has 0 spiro atoms. The van der Waals surface area contributed by atoms with Crippen LogP contribution >= 0.6 is 21.6 Å². The molecule has 40 heavy (non-hydrogen) atoms. The van der Waals surface area contributed by atoms with E-state index in [9.17, 15) is 28.8 Å². The number of amides is 6. The first kappa shape index (κ1) is 32.9. The van der Waals surface area contributed by atoms with Gasteiger partial charge >= 0.3 is 0 Å². The van der Waals surface area contributed by atoms with E-state index in [1.54, 1.807) is 27.7 Å². The van der Waals surface area contributed by atoms with Gasteiger partial charge in [0, 0.05) is 35.7 Å². The average molecular weight is 599 g/mol. The normalized spacial score (nSPS) is 27.0. The van der Waals surface area contributed by atoms with Crippen molar-refractivity contribution < 1.29 is 28.8 Å². The zero-order valence-corrected chi connectivity index (χ0v) is 25.0. The van der Waals surface area contributed by atoms with E-state index in [0.717, 1.165) is 0 Å². The standard InChI is InChI=1S/C24H38N8O6S2/c1-11(2)17-22(37)31-16(19(25)34)9-39-40-24(5,6)18(29-13(4)33)23(38)30-15(7-14-8-26-10-27-14)21(36)28-12(3)20(35)32-17/h8,10-12,15-18H,7,9H2,1-6H3,(H2,25,34)(H,26,27)(H,28,36)(H,29,33)(H,30,38)(H,31,37)(H,32,35)/t12?,15-,16-,17?,18+/m0/s1. The second-order valence-corrected chi connectivity index (χ2v) is 13.4. The second kappa shape index (κ2) is 14.4. The molecule has 0 bridgehead atoms. The Morgan fingerprint density at radius 3 is 2.30 bits per heavy atom. The molecule has 0 aliphatic carbocycles. The third-order valence-electron chi connectivity index (χ3n) is 6.08. The molecule has 1 aliphatic rings. The van der Waals surface area contributed by atoms with E-state index >= 15 is 0 Å². The molecule has 14 nitrogen and oxygen atoms in total. The number of aromatic nitrogens is 2. The number of rotatable bonds is 5. The summed E-state index contributed by atoms with van der Waals surface area (Å²) >= 11 is 0. The zero-order chi connectivity index (χ0) is 30.2. The van der Waals surface area contributed by atoms with Crippen molar-refractivity contribution in [2.24, 2.45) is 11.7 Å². The fraction of sp³-hybridized carbons (Fsp3) is 0.625. The SMILES string of the molecule is CC(=O)N[C@@H]1C(=O)N[C@@H](Cc2cnc[nH]2)C(=O)NC(C)C(=O)NC(C(C)C)C(=O)N[C@H](C(N)=O)CSSC1(C)C. The third-order valence-corrected chi connectivity index (χ3v) is 9.39. The van der Waals surface area contributed by atoms with Gasteiger partial charge in [0.2, 0.25) is 35.4 Å². The zero-order valence-electron chi connectivity index (χ0n) is 23.3. The predicted octanol–water partition coefficient (Wildman–Crippen LogP) is -1.27. The van der Waals surface area contributed by atoms with Crippen LogP contribution in [0.3, 0.4) is 0 Å². The molecule has 1 aromatic rings. The van der Waals surface area contributed by atoms with Crippen LogP contribution in [0.15, 0.2) is 12.5 Å². The number of nitrogens with two attached hydrogens (primary N) is 1. The van der Waals surface area contributed by atoms with E-state index in [4.69, 9.17) is 5.73 Å². The van der Waals surface area contributed by atoms with Crippen molar-refractivity contribution in [2.45, 2.75) is 82.9 Å². The van der Waals surface area contributed by atoms with Crippen LogP contribution in [0, 0.1) is 5.92 Å². The van der Waals surface area contributed by atoms with Gasteiger partial charge in [0.25, 0.3) is 0 Å². The average Bonchev–Trinajstić information content (AvgIpc) is 3.36.